The molecular formula is C4H5F6NO4S2. The van der Waals surface area contributed by atoms with Crippen molar-refractivity contribution in [3.8, 4) is 0 Å². The number of halogens is 6. The summed E-state index contributed by atoms with van der Waals surface area (Å²) in [4.78, 5) is 0. The van der Waals surface area contributed by atoms with Crippen molar-refractivity contribution in [2.75, 3.05) is 6.26 Å². The van der Waals surface area contributed by atoms with Gasteiger partial charge in [-0.15, -0.1) is 4.13 Å². The maximum absolute atomic E-state index is 12.6. The summed E-state index contributed by atoms with van der Waals surface area (Å²) in [7, 11) is -11.4. The van der Waals surface area contributed by atoms with Gasteiger partial charge in [0, 0.05) is 0 Å². The minimum Gasteiger partial charge on any atom is -0.212 e. The normalized spacial score (nSPS) is 15.3. The molecule has 0 fully saturated rings. The molecule has 0 atom stereocenters. The Morgan fingerprint density at radius 1 is 1.00 bits per heavy atom. The fourth-order valence-corrected chi connectivity index (χ4v) is 3.02. The van der Waals surface area contributed by atoms with E-state index in [0.717, 1.165) is 0 Å². The molecule has 13 heteroatoms. The highest BCUT2D eigenvalue weighted by Crippen LogP contribution is 2.42. The Hall–Kier alpha value is -0.560. The van der Waals surface area contributed by atoms with Crippen molar-refractivity contribution in [1.82, 2.24) is 4.13 Å². The Balaban J connectivity index is 5.63. The molecule has 17 heavy (non-hydrogen) atoms. The maximum atomic E-state index is 12.6. The lowest BCUT2D eigenvalue weighted by Crippen LogP contribution is -2.56. The van der Waals surface area contributed by atoms with Crippen molar-refractivity contribution in [3.63, 3.8) is 0 Å². The van der Waals surface area contributed by atoms with Crippen molar-refractivity contribution in [2.24, 2.45) is 0 Å². The summed E-state index contributed by atoms with van der Waals surface area (Å²) in [6.45, 7) is 0. The molecule has 0 aliphatic heterocycles. The number of hydrogen-bond acceptors (Lipinski definition) is 4. The smallest absolute Gasteiger partial charge is 0.212 e. The number of hydrogen-bond donors (Lipinski definition) is 1. The highest BCUT2D eigenvalue weighted by Gasteiger charge is 2.71. The van der Waals surface area contributed by atoms with E-state index in [1.165, 1.54) is 0 Å². The predicted molar refractivity (Wildman–Crippen MR) is 42.8 cm³/mol. The summed E-state index contributed by atoms with van der Waals surface area (Å²) < 4.78 is 115. The van der Waals surface area contributed by atoms with Gasteiger partial charge in [0.05, 0.1) is 6.26 Å². The molecule has 1 N–H and O–H groups in total. The van der Waals surface area contributed by atoms with Crippen LogP contribution in [-0.4, -0.2) is 40.7 Å². The van der Waals surface area contributed by atoms with Gasteiger partial charge in [-0.2, -0.15) is 17.6 Å². The second-order valence-electron chi connectivity index (χ2n) is 2.80. The third-order valence-corrected chi connectivity index (χ3v) is 4.30. The van der Waals surface area contributed by atoms with Crippen LogP contribution in [0.15, 0.2) is 0 Å². The average Bonchev–Trinajstić information content (AvgIpc) is 1.98. The summed E-state index contributed by atoms with van der Waals surface area (Å²) in [6.07, 6.45) is -4.92. The third kappa shape index (κ3) is 3.22. The van der Waals surface area contributed by atoms with Gasteiger partial charge in [0.25, 0.3) is 10.0 Å². The van der Waals surface area contributed by atoms with Crippen LogP contribution in [0.25, 0.3) is 0 Å². The lowest BCUT2D eigenvalue weighted by molar-refractivity contribution is -0.225. The van der Waals surface area contributed by atoms with Crippen LogP contribution in [0.2, 0.25) is 0 Å². The zero-order chi connectivity index (χ0) is 14.3. The molecule has 0 aromatic heterocycles. The third-order valence-electron chi connectivity index (χ3n) is 1.26. The van der Waals surface area contributed by atoms with Crippen LogP contribution >= 0.6 is 0 Å². The highest BCUT2D eigenvalue weighted by molar-refractivity contribution is 8.04. The first-order valence-electron chi connectivity index (χ1n) is 3.42. The zero-order valence-corrected chi connectivity index (χ0v) is 9.43. The Labute approximate surface area is 91.9 Å². The molecule has 104 valence electrons. The van der Waals surface area contributed by atoms with E-state index in [1.807, 2.05) is 0 Å². The SMILES string of the molecule is CS(=O)(=O)NS(=O)(=O)C(F)(F)C(F)(F)C(F)F. The molecule has 0 rings (SSSR count). The summed E-state index contributed by atoms with van der Waals surface area (Å²) >= 11 is 0. The first-order valence-corrected chi connectivity index (χ1v) is 6.79. The Morgan fingerprint density at radius 3 is 1.59 bits per heavy atom. The van der Waals surface area contributed by atoms with Crippen LogP contribution in [-0.2, 0) is 20.0 Å². The Kier molecular flexibility index (Phi) is 4.13. The fraction of sp³-hybridized carbons (Fsp3) is 1.00. The summed E-state index contributed by atoms with van der Waals surface area (Å²) in [5.41, 5.74) is 0. The van der Waals surface area contributed by atoms with Crippen molar-refractivity contribution in [2.45, 2.75) is 17.6 Å². The topological polar surface area (TPSA) is 80.3 Å². The molecule has 0 aliphatic carbocycles. The molecule has 0 aliphatic rings. The van der Waals surface area contributed by atoms with Crippen molar-refractivity contribution in [3.05, 3.63) is 0 Å². The van der Waals surface area contributed by atoms with Crippen LogP contribution in [0, 0.1) is 0 Å². The van der Waals surface area contributed by atoms with Crippen LogP contribution < -0.4 is 4.13 Å². The van der Waals surface area contributed by atoms with Gasteiger partial charge in [-0.3, -0.25) is 0 Å². The van der Waals surface area contributed by atoms with Crippen molar-refractivity contribution < 1.29 is 43.2 Å². The summed E-state index contributed by atoms with van der Waals surface area (Å²) in [6, 6.07) is 0. The monoisotopic (exact) mass is 309 g/mol. The van der Waals surface area contributed by atoms with Crippen molar-refractivity contribution >= 4 is 20.0 Å². The van der Waals surface area contributed by atoms with E-state index in [4.69, 9.17) is 0 Å². The largest absolute Gasteiger partial charge is 0.427 e. The Morgan fingerprint density at radius 2 is 1.35 bits per heavy atom. The Bertz CT molecular complexity index is 482. The summed E-state index contributed by atoms with van der Waals surface area (Å²) in [5.74, 6) is -6.23. The molecule has 0 aromatic carbocycles. The maximum Gasteiger partial charge on any atom is 0.427 e. The van der Waals surface area contributed by atoms with Crippen LogP contribution in [0.3, 0.4) is 0 Å². The molecule has 0 heterocycles. The van der Waals surface area contributed by atoms with E-state index < -0.39 is 37.6 Å². The van der Waals surface area contributed by atoms with E-state index in [0.29, 0.717) is 0 Å². The van der Waals surface area contributed by atoms with Gasteiger partial charge in [-0.1, -0.05) is 0 Å². The lowest BCUT2D eigenvalue weighted by atomic mass is 10.4. The number of nitrogens with one attached hydrogen (secondary N) is 1. The van der Waals surface area contributed by atoms with E-state index in [9.17, 15) is 43.2 Å². The average molecular weight is 309 g/mol. The van der Waals surface area contributed by atoms with Gasteiger partial charge in [0.15, 0.2) is 0 Å². The number of alkyl halides is 6. The quantitative estimate of drug-likeness (QED) is 0.744. The molecule has 0 spiro atoms. The molecule has 0 saturated carbocycles. The number of rotatable bonds is 5. The minimum atomic E-state index is -6.52. The van der Waals surface area contributed by atoms with Gasteiger partial charge >= 0.3 is 17.6 Å². The first kappa shape index (κ1) is 16.4. The zero-order valence-electron chi connectivity index (χ0n) is 7.79. The molecule has 0 aromatic rings. The molecule has 0 saturated heterocycles. The van der Waals surface area contributed by atoms with Gasteiger partial charge in [-0.05, 0) is 0 Å². The fourth-order valence-electron chi connectivity index (χ4n) is 0.558. The van der Waals surface area contributed by atoms with Gasteiger partial charge in [-0.25, -0.2) is 25.6 Å². The first-order chi connectivity index (χ1) is 7.15. The molecule has 0 amide bonds. The van der Waals surface area contributed by atoms with Crippen molar-refractivity contribution in [1.29, 1.82) is 0 Å². The van der Waals surface area contributed by atoms with Crippen LogP contribution in [0.4, 0.5) is 26.3 Å². The van der Waals surface area contributed by atoms with E-state index in [-0.39, 0.29) is 10.4 Å². The van der Waals surface area contributed by atoms with Crippen LogP contribution in [0.1, 0.15) is 0 Å². The lowest BCUT2D eigenvalue weighted by Gasteiger charge is -2.24. The van der Waals surface area contributed by atoms with Gasteiger partial charge in [0.2, 0.25) is 10.0 Å². The van der Waals surface area contributed by atoms with E-state index in [2.05, 4.69) is 0 Å². The molecule has 5 nitrogen and oxygen atoms in total. The highest BCUT2D eigenvalue weighted by atomic mass is 32.3. The van der Waals surface area contributed by atoms with Gasteiger partial charge < -0.3 is 0 Å². The number of sulfonamides is 2. The second kappa shape index (κ2) is 4.28. The molecule has 0 unspecified atom stereocenters. The molecular weight excluding hydrogens is 304 g/mol. The second-order valence-corrected chi connectivity index (χ2v) is 6.53. The van der Waals surface area contributed by atoms with E-state index >= 15 is 0 Å². The molecule has 0 radical (unpaired) electrons. The standard InChI is InChI=1S/C4H5F6NO4S2/c1-16(12,13)11-17(14,15)4(9,10)3(7,8)2(5)6/h2,11H,1H3. The van der Waals surface area contributed by atoms with Crippen LogP contribution in [0.5, 0.6) is 0 Å². The minimum absolute atomic E-state index is 0.0706. The van der Waals surface area contributed by atoms with E-state index in [1.54, 1.807) is 0 Å². The predicted octanol–water partition coefficient (Wildman–Crippen LogP) is 0.359. The summed E-state index contributed by atoms with van der Waals surface area (Å²) in [5, 5.41) is -6.28. The van der Waals surface area contributed by atoms with Gasteiger partial charge in [0.1, 0.15) is 0 Å². The molecule has 0 bridgehead atoms.